The average molecular weight is 237 g/mol. The Morgan fingerprint density at radius 3 is 2.31 bits per heavy atom. The second-order valence-electron chi connectivity index (χ2n) is 5.37. The van der Waals surface area contributed by atoms with Crippen LogP contribution >= 0.6 is 0 Å². The summed E-state index contributed by atoms with van der Waals surface area (Å²) < 4.78 is 5.00. The van der Waals surface area contributed by atoms with Gasteiger partial charge in [0.2, 0.25) is 0 Å². The highest BCUT2D eigenvalue weighted by atomic mass is 28.3. The number of rotatable bonds is 6. The summed E-state index contributed by atoms with van der Waals surface area (Å²) in [4.78, 5) is 0. The zero-order valence-electron chi connectivity index (χ0n) is 10.8. The van der Waals surface area contributed by atoms with Crippen LogP contribution in [-0.4, -0.2) is 21.9 Å². The molecule has 1 N–H and O–H groups in total. The summed E-state index contributed by atoms with van der Waals surface area (Å²) in [7, 11) is 0.673. The molecular weight excluding hydrogens is 214 g/mol. The topological polar surface area (TPSA) is 21.3 Å². The number of hydrogen-bond donors (Lipinski definition) is 1. The number of nitrogens with one attached hydrogen (secondary N) is 1. The third-order valence-electron chi connectivity index (χ3n) is 2.40. The minimum Gasteiger partial charge on any atom is -0.370 e. The summed E-state index contributed by atoms with van der Waals surface area (Å²) in [5.41, 5.74) is 2.90. The predicted molar refractivity (Wildman–Crippen MR) is 72.2 cm³/mol. The van der Waals surface area contributed by atoms with Crippen molar-refractivity contribution in [3.05, 3.63) is 35.4 Å². The second kappa shape index (κ2) is 6.18. The first-order valence-corrected chi connectivity index (χ1v) is 9.50. The van der Waals surface area contributed by atoms with Crippen LogP contribution in [-0.2, 0) is 17.3 Å². The molecule has 0 saturated carbocycles. The molecule has 0 amide bonds. The second-order valence-corrected chi connectivity index (χ2v) is 10.8. The van der Waals surface area contributed by atoms with Crippen molar-refractivity contribution in [2.45, 2.75) is 32.2 Å². The van der Waals surface area contributed by atoms with Crippen LogP contribution in [0.1, 0.15) is 11.1 Å². The van der Waals surface area contributed by atoms with Crippen LogP contribution in [0.2, 0.25) is 19.6 Å². The molecule has 3 heteroatoms. The highest BCUT2D eigenvalue weighted by Gasteiger charge is 2.15. The van der Waals surface area contributed by atoms with Gasteiger partial charge in [0.1, 0.15) is 0 Å². The smallest absolute Gasteiger partial charge is 0.0964 e. The molecule has 1 aromatic rings. The molecule has 90 valence electrons. The Labute approximate surface area is 100 Å². The van der Waals surface area contributed by atoms with E-state index in [1.165, 1.54) is 17.2 Å². The largest absolute Gasteiger partial charge is 0.370 e. The number of methoxy groups -OCH3 is 1. The third-order valence-corrected chi connectivity index (χ3v) is 3.84. The van der Waals surface area contributed by atoms with Gasteiger partial charge in [-0.2, -0.15) is 0 Å². The summed E-state index contributed by atoms with van der Waals surface area (Å²) in [6.07, 6.45) is 0. The average Bonchev–Trinajstić information content (AvgIpc) is 2.19. The van der Waals surface area contributed by atoms with Crippen molar-refractivity contribution in [2.24, 2.45) is 0 Å². The van der Waals surface area contributed by atoms with Crippen LogP contribution in [0.25, 0.3) is 0 Å². The van der Waals surface area contributed by atoms with Crippen LogP contribution in [0.3, 0.4) is 0 Å². The first-order valence-electron chi connectivity index (χ1n) is 5.79. The van der Waals surface area contributed by atoms with E-state index in [2.05, 4.69) is 49.2 Å². The first-order chi connectivity index (χ1) is 7.53. The van der Waals surface area contributed by atoms with Crippen molar-refractivity contribution in [1.29, 1.82) is 0 Å². The maximum absolute atomic E-state index is 5.00. The van der Waals surface area contributed by atoms with E-state index in [1.807, 2.05) is 0 Å². The Bertz CT molecular complexity index is 320. The van der Waals surface area contributed by atoms with Crippen LogP contribution in [0.4, 0.5) is 0 Å². The van der Waals surface area contributed by atoms with Crippen LogP contribution in [0, 0.1) is 0 Å². The van der Waals surface area contributed by atoms with Gasteiger partial charge < -0.3 is 4.74 Å². The Kier molecular flexibility index (Phi) is 5.18. The highest BCUT2D eigenvalue weighted by molar-refractivity contribution is 6.75. The van der Waals surface area contributed by atoms with Crippen LogP contribution < -0.4 is 5.32 Å². The lowest BCUT2D eigenvalue weighted by atomic mass is 10.1. The molecule has 16 heavy (non-hydrogen) atoms. The lowest BCUT2D eigenvalue weighted by molar-refractivity contribution is 0.174. The summed E-state index contributed by atoms with van der Waals surface area (Å²) in [5.74, 6) is 0. The SMILES string of the molecule is COCNCc1ccccc1C[Si](C)(C)C. The van der Waals surface area contributed by atoms with E-state index in [0.29, 0.717) is 6.73 Å². The summed E-state index contributed by atoms with van der Waals surface area (Å²) in [5, 5.41) is 3.27. The van der Waals surface area contributed by atoms with Gasteiger partial charge in [-0.25, -0.2) is 0 Å². The van der Waals surface area contributed by atoms with Crippen molar-refractivity contribution in [3.63, 3.8) is 0 Å². The zero-order valence-corrected chi connectivity index (χ0v) is 11.8. The van der Waals surface area contributed by atoms with Gasteiger partial charge >= 0.3 is 0 Å². The fourth-order valence-electron chi connectivity index (χ4n) is 1.76. The Balaban J connectivity index is 2.68. The molecule has 0 radical (unpaired) electrons. The van der Waals surface area contributed by atoms with E-state index in [-0.39, 0.29) is 0 Å². The Hall–Kier alpha value is -0.643. The molecule has 0 atom stereocenters. The van der Waals surface area contributed by atoms with E-state index >= 15 is 0 Å². The van der Waals surface area contributed by atoms with Gasteiger partial charge in [0.15, 0.2) is 0 Å². The Morgan fingerprint density at radius 2 is 1.75 bits per heavy atom. The summed E-state index contributed by atoms with van der Waals surface area (Å²) in [6, 6.07) is 9.95. The molecule has 0 aliphatic carbocycles. The van der Waals surface area contributed by atoms with Crippen molar-refractivity contribution < 1.29 is 4.74 Å². The fourth-order valence-corrected chi connectivity index (χ4v) is 3.25. The van der Waals surface area contributed by atoms with Gasteiger partial charge in [-0.05, 0) is 17.2 Å². The van der Waals surface area contributed by atoms with Crippen LogP contribution in [0.15, 0.2) is 24.3 Å². The monoisotopic (exact) mass is 237 g/mol. The zero-order chi connectivity index (χ0) is 12.0. The molecular formula is C13H23NOSi. The minimum atomic E-state index is -1.04. The number of benzene rings is 1. The van der Waals surface area contributed by atoms with Gasteiger partial charge in [0.25, 0.3) is 0 Å². The van der Waals surface area contributed by atoms with Crippen molar-refractivity contribution >= 4 is 8.07 Å². The van der Waals surface area contributed by atoms with Gasteiger partial charge in [0.05, 0.1) is 6.73 Å². The van der Waals surface area contributed by atoms with Gasteiger partial charge in [-0.3, -0.25) is 5.32 Å². The molecule has 0 spiro atoms. The lowest BCUT2D eigenvalue weighted by Crippen LogP contribution is -2.25. The first kappa shape index (κ1) is 13.4. The molecule has 0 fully saturated rings. The third kappa shape index (κ3) is 4.92. The molecule has 0 aliphatic rings. The molecule has 0 aromatic heterocycles. The molecule has 0 aliphatic heterocycles. The van der Waals surface area contributed by atoms with E-state index in [0.717, 1.165) is 6.54 Å². The molecule has 0 heterocycles. The van der Waals surface area contributed by atoms with Crippen molar-refractivity contribution in [3.8, 4) is 0 Å². The van der Waals surface area contributed by atoms with Gasteiger partial charge in [0, 0.05) is 21.7 Å². The normalized spacial score (nSPS) is 11.8. The molecule has 0 bridgehead atoms. The van der Waals surface area contributed by atoms with Crippen molar-refractivity contribution in [1.82, 2.24) is 5.32 Å². The van der Waals surface area contributed by atoms with Crippen molar-refractivity contribution in [2.75, 3.05) is 13.8 Å². The van der Waals surface area contributed by atoms with Gasteiger partial charge in [-0.1, -0.05) is 43.9 Å². The predicted octanol–water partition coefficient (Wildman–Crippen LogP) is 2.80. The number of ether oxygens (including phenoxy) is 1. The minimum absolute atomic E-state index is 0.612. The van der Waals surface area contributed by atoms with Gasteiger partial charge in [-0.15, -0.1) is 0 Å². The van der Waals surface area contributed by atoms with Crippen LogP contribution in [0.5, 0.6) is 0 Å². The molecule has 1 rings (SSSR count). The van der Waals surface area contributed by atoms with E-state index in [9.17, 15) is 0 Å². The molecule has 0 unspecified atom stereocenters. The number of hydrogen-bond acceptors (Lipinski definition) is 2. The van der Waals surface area contributed by atoms with E-state index in [4.69, 9.17) is 4.74 Å². The molecule has 1 aromatic carbocycles. The quantitative estimate of drug-likeness (QED) is 0.467. The highest BCUT2D eigenvalue weighted by Crippen LogP contribution is 2.15. The van der Waals surface area contributed by atoms with E-state index in [1.54, 1.807) is 7.11 Å². The summed E-state index contributed by atoms with van der Waals surface area (Å²) in [6.45, 7) is 8.74. The van der Waals surface area contributed by atoms with E-state index < -0.39 is 8.07 Å². The molecule has 2 nitrogen and oxygen atoms in total. The maximum atomic E-state index is 5.00. The Morgan fingerprint density at radius 1 is 1.12 bits per heavy atom. The summed E-state index contributed by atoms with van der Waals surface area (Å²) >= 11 is 0. The lowest BCUT2D eigenvalue weighted by Gasteiger charge is -2.18. The standard InChI is InChI=1S/C13H23NOSi/c1-15-11-14-9-12-7-5-6-8-13(12)10-16(2,3)4/h5-8,14H,9-11H2,1-4H3. The maximum Gasteiger partial charge on any atom is 0.0964 e. The fraction of sp³-hybridized carbons (Fsp3) is 0.538. The molecule has 0 saturated heterocycles.